The van der Waals surface area contributed by atoms with Crippen LogP contribution in [0.2, 0.25) is 4.82 Å². The zero-order valence-corrected chi connectivity index (χ0v) is 6.24. The molecule has 0 heterocycles. The van der Waals surface area contributed by atoms with Crippen LogP contribution < -0.4 is 0 Å². The summed E-state index contributed by atoms with van der Waals surface area (Å²) in [6.45, 7) is 1.51. The van der Waals surface area contributed by atoms with Crippen molar-refractivity contribution in [1.82, 2.24) is 0 Å². The third kappa shape index (κ3) is 2.58. The van der Waals surface area contributed by atoms with Gasteiger partial charge < -0.3 is 0 Å². The van der Waals surface area contributed by atoms with E-state index in [1.807, 2.05) is 0 Å². The van der Waals surface area contributed by atoms with E-state index in [0.29, 0.717) is 0 Å². The van der Waals surface area contributed by atoms with Gasteiger partial charge in [-0.05, 0) is 0 Å². The molecular formula is C4H7F3Se. The molecule has 0 fully saturated rings. The molecule has 4 heteroatoms. The second kappa shape index (κ2) is 2.74. The van der Waals surface area contributed by atoms with Gasteiger partial charge in [0, 0.05) is 0 Å². The van der Waals surface area contributed by atoms with Gasteiger partial charge in [-0.15, -0.1) is 0 Å². The van der Waals surface area contributed by atoms with Crippen LogP contribution in [0.5, 0.6) is 0 Å². The molecular weight excluding hydrogens is 184 g/mol. The van der Waals surface area contributed by atoms with E-state index in [0.717, 1.165) is 0 Å². The molecule has 0 spiro atoms. The van der Waals surface area contributed by atoms with E-state index in [1.165, 1.54) is 6.92 Å². The first-order chi connectivity index (χ1) is 3.48. The zero-order valence-electron chi connectivity index (χ0n) is 4.37. The van der Waals surface area contributed by atoms with Gasteiger partial charge in [-0.25, -0.2) is 0 Å². The van der Waals surface area contributed by atoms with Gasteiger partial charge in [0.1, 0.15) is 0 Å². The standard InChI is InChI=1S/C4H7F3Se/c1-2-3(8)4(5,6)7/h3,8H,2H2,1H3. The Balaban J connectivity index is 3.62. The van der Waals surface area contributed by atoms with Crippen LogP contribution in [-0.4, -0.2) is 22.2 Å². The quantitative estimate of drug-likeness (QED) is 0.553. The van der Waals surface area contributed by atoms with Crippen molar-refractivity contribution in [3.8, 4) is 0 Å². The number of alkyl halides is 3. The van der Waals surface area contributed by atoms with Crippen LogP contribution in [-0.2, 0) is 0 Å². The van der Waals surface area contributed by atoms with Crippen LogP contribution in [0.15, 0.2) is 0 Å². The Kier molecular flexibility index (Phi) is 2.84. The first kappa shape index (κ1) is 8.31. The maximum absolute atomic E-state index is 11.4. The second-order valence-electron chi connectivity index (χ2n) is 1.47. The normalized spacial score (nSPS) is 16.1. The Hall–Kier alpha value is 0.309. The van der Waals surface area contributed by atoms with Crippen molar-refractivity contribution < 1.29 is 13.2 Å². The summed E-state index contributed by atoms with van der Waals surface area (Å²) in [6, 6.07) is 0. The Bertz CT molecular complexity index is 68.2. The summed E-state index contributed by atoms with van der Waals surface area (Å²) < 4.78 is 34.3. The van der Waals surface area contributed by atoms with E-state index in [4.69, 9.17) is 0 Å². The molecule has 0 bridgehead atoms. The minimum absolute atomic E-state index is 0.142. The number of rotatable bonds is 1. The summed E-state index contributed by atoms with van der Waals surface area (Å²) in [5.41, 5.74) is 0. The van der Waals surface area contributed by atoms with E-state index in [9.17, 15) is 13.2 Å². The van der Waals surface area contributed by atoms with Crippen LogP contribution in [0.4, 0.5) is 13.2 Å². The summed E-state index contributed by atoms with van der Waals surface area (Å²) in [6.07, 6.45) is -3.88. The van der Waals surface area contributed by atoms with Crippen LogP contribution in [0.1, 0.15) is 13.3 Å². The molecule has 0 rings (SSSR count). The molecule has 1 unspecified atom stereocenters. The Labute approximate surface area is 54.3 Å². The minimum atomic E-state index is -4.02. The Morgan fingerprint density at radius 2 is 1.88 bits per heavy atom. The summed E-state index contributed by atoms with van der Waals surface area (Å²) >= 11 is 1.61. The molecule has 50 valence electrons. The third-order valence-electron chi connectivity index (χ3n) is 0.765. The van der Waals surface area contributed by atoms with E-state index in [1.54, 1.807) is 16.0 Å². The molecule has 0 nitrogen and oxygen atoms in total. The summed E-state index contributed by atoms with van der Waals surface area (Å²) in [5, 5.41) is 0. The van der Waals surface area contributed by atoms with E-state index in [2.05, 4.69) is 0 Å². The van der Waals surface area contributed by atoms with Crippen molar-refractivity contribution in [2.45, 2.75) is 24.3 Å². The third-order valence-corrected chi connectivity index (χ3v) is 2.14. The zero-order chi connectivity index (χ0) is 6.78. The number of hydrogen-bond acceptors (Lipinski definition) is 0. The number of halogens is 3. The van der Waals surface area contributed by atoms with Gasteiger partial charge in [0.25, 0.3) is 0 Å². The van der Waals surface area contributed by atoms with Crippen LogP contribution in [0.25, 0.3) is 0 Å². The van der Waals surface area contributed by atoms with Gasteiger partial charge in [-0.2, -0.15) is 0 Å². The molecule has 0 aliphatic rings. The van der Waals surface area contributed by atoms with Crippen molar-refractivity contribution in [3.63, 3.8) is 0 Å². The van der Waals surface area contributed by atoms with Crippen LogP contribution in [0.3, 0.4) is 0 Å². The summed E-state index contributed by atoms with van der Waals surface area (Å²) in [7, 11) is 0. The van der Waals surface area contributed by atoms with Crippen LogP contribution >= 0.6 is 0 Å². The van der Waals surface area contributed by atoms with Crippen molar-refractivity contribution in [1.29, 1.82) is 0 Å². The predicted octanol–water partition coefficient (Wildman–Crippen LogP) is 1.65. The molecule has 0 saturated carbocycles. The fourth-order valence-electron chi connectivity index (χ4n) is 0.231. The van der Waals surface area contributed by atoms with Crippen molar-refractivity contribution in [2.24, 2.45) is 0 Å². The van der Waals surface area contributed by atoms with Gasteiger partial charge in [-0.3, -0.25) is 0 Å². The maximum atomic E-state index is 11.4. The molecule has 8 heavy (non-hydrogen) atoms. The topological polar surface area (TPSA) is 0 Å². The van der Waals surface area contributed by atoms with E-state index < -0.39 is 11.0 Å². The number of hydrogen-bond donors (Lipinski definition) is 0. The SMILES string of the molecule is CCC([SeH])C(F)(F)F. The van der Waals surface area contributed by atoms with E-state index >= 15 is 0 Å². The Morgan fingerprint density at radius 3 is 1.88 bits per heavy atom. The molecule has 0 aromatic heterocycles. The average Bonchev–Trinajstić information content (AvgIpc) is 1.62. The molecule has 0 aromatic carbocycles. The van der Waals surface area contributed by atoms with Gasteiger partial charge in [-0.1, -0.05) is 0 Å². The van der Waals surface area contributed by atoms with Crippen LogP contribution in [0, 0.1) is 0 Å². The molecule has 0 aliphatic carbocycles. The first-order valence-electron chi connectivity index (χ1n) is 2.23. The van der Waals surface area contributed by atoms with Crippen molar-refractivity contribution in [3.05, 3.63) is 0 Å². The van der Waals surface area contributed by atoms with Crippen molar-refractivity contribution >= 4 is 16.0 Å². The van der Waals surface area contributed by atoms with Gasteiger partial charge in [0.2, 0.25) is 0 Å². The fraction of sp³-hybridized carbons (Fsp3) is 1.00. The van der Waals surface area contributed by atoms with Gasteiger partial charge in [0.05, 0.1) is 0 Å². The monoisotopic (exact) mass is 192 g/mol. The predicted molar refractivity (Wildman–Crippen MR) is 27.2 cm³/mol. The summed E-state index contributed by atoms with van der Waals surface area (Å²) in [5.74, 6) is 0. The first-order valence-corrected chi connectivity index (χ1v) is 3.31. The van der Waals surface area contributed by atoms with Gasteiger partial charge in [0.15, 0.2) is 0 Å². The molecule has 0 aromatic rings. The molecule has 0 saturated heterocycles. The molecule has 1 atom stereocenters. The second-order valence-corrected chi connectivity index (χ2v) is 2.77. The molecule has 0 amide bonds. The molecule has 0 N–H and O–H groups in total. The van der Waals surface area contributed by atoms with Gasteiger partial charge >= 0.3 is 53.5 Å². The van der Waals surface area contributed by atoms with E-state index in [-0.39, 0.29) is 6.42 Å². The average molecular weight is 191 g/mol. The fourth-order valence-corrected chi connectivity index (χ4v) is 0.231. The molecule has 0 radical (unpaired) electrons. The Morgan fingerprint density at radius 1 is 1.50 bits per heavy atom. The summed E-state index contributed by atoms with van der Waals surface area (Å²) in [4.78, 5) is -1.21. The molecule has 0 aliphatic heterocycles. The van der Waals surface area contributed by atoms with Crippen molar-refractivity contribution in [2.75, 3.05) is 0 Å².